The molecule has 0 bridgehead atoms. The van der Waals surface area contributed by atoms with E-state index < -0.39 is 0 Å². The van der Waals surface area contributed by atoms with Crippen LogP contribution in [0.2, 0.25) is 10.0 Å². The molecule has 2 unspecified atom stereocenters. The minimum absolute atomic E-state index is 0.371. The Kier molecular flexibility index (Phi) is 4.54. The van der Waals surface area contributed by atoms with Crippen LogP contribution < -0.4 is 5.32 Å². The quantitative estimate of drug-likeness (QED) is 0.805. The standard InChI is InChI=1S/C18H19Cl2N/c1-12-5-7-13(8-6-12)15-11-21-10-9-14(15)18-16(19)3-2-4-17(18)20/h2-8,14-15,21H,9-11H2,1H3. The van der Waals surface area contributed by atoms with Crippen molar-refractivity contribution in [1.29, 1.82) is 0 Å². The molecule has 1 saturated heterocycles. The molecule has 0 radical (unpaired) electrons. The van der Waals surface area contributed by atoms with Crippen LogP contribution in [0.3, 0.4) is 0 Å². The van der Waals surface area contributed by atoms with Crippen molar-refractivity contribution >= 4 is 23.2 Å². The molecule has 2 aromatic carbocycles. The molecule has 0 aliphatic carbocycles. The van der Waals surface area contributed by atoms with Crippen molar-refractivity contribution in [1.82, 2.24) is 5.32 Å². The van der Waals surface area contributed by atoms with Gasteiger partial charge in [0.1, 0.15) is 0 Å². The first-order chi connectivity index (χ1) is 10.2. The fourth-order valence-corrected chi connectivity index (χ4v) is 3.91. The average Bonchev–Trinajstić information content (AvgIpc) is 2.48. The summed E-state index contributed by atoms with van der Waals surface area (Å²) in [5.74, 6) is 0.784. The van der Waals surface area contributed by atoms with E-state index in [4.69, 9.17) is 23.2 Å². The summed E-state index contributed by atoms with van der Waals surface area (Å²) in [6.45, 7) is 4.09. The first kappa shape index (κ1) is 14.9. The molecule has 1 heterocycles. The highest BCUT2D eigenvalue weighted by Gasteiger charge is 2.30. The Balaban J connectivity index is 2.00. The zero-order valence-electron chi connectivity index (χ0n) is 12.1. The second-order valence-electron chi connectivity index (χ2n) is 5.75. The number of nitrogens with one attached hydrogen (secondary N) is 1. The third-order valence-electron chi connectivity index (χ3n) is 4.36. The maximum absolute atomic E-state index is 6.44. The van der Waals surface area contributed by atoms with Crippen molar-refractivity contribution in [2.24, 2.45) is 0 Å². The van der Waals surface area contributed by atoms with Crippen LogP contribution in [0.25, 0.3) is 0 Å². The lowest BCUT2D eigenvalue weighted by Crippen LogP contribution is -2.34. The summed E-state index contributed by atoms with van der Waals surface area (Å²) in [5, 5.41) is 5.07. The van der Waals surface area contributed by atoms with Gasteiger partial charge in [-0.1, -0.05) is 59.1 Å². The summed E-state index contributed by atoms with van der Waals surface area (Å²) in [6.07, 6.45) is 1.06. The van der Waals surface area contributed by atoms with Crippen LogP contribution >= 0.6 is 23.2 Å². The van der Waals surface area contributed by atoms with E-state index in [0.717, 1.165) is 35.1 Å². The van der Waals surface area contributed by atoms with Crippen molar-refractivity contribution in [3.63, 3.8) is 0 Å². The Labute approximate surface area is 136 Å². The number of benzene rings is 2. The van der Waals surface area contributed by atoms with Crippen LogP contribution in [0.5, 0.6) is 0 Å². The zero-order chi connectivity index (χ0) is 14.8. The SMILES string of the molecule is Cc1ccc(C2CNCCC2c2c(Cl)cccc2Cl)cc1. The maximum Gasteiger partial charge on any atom is 0.0455 e. The van der Waals surface area contributed by atoms with Gasteiger partial charge in [0.05, 0.1) is 0 Å². The minimum Gasteiger partial charge on any atom is -0.316 e. The van der Waals surface area contributed by atoms with Crippen LogP contribution in [-0.4, -0.2) is 13.1 Å². The minimum atomic E-state index is 0.371. The predicted molar refractivity (Wildman–Crippen MR) is 90.6 cm³/mol. The van der Waals surface area contributed by atoms with Gasteiger partial charge in [-0.2, -0.15) is 0 Å². The molecule has 1 nitrogen and oxygen atoms in total. The fourth-order valence-electron chi connectivity index (χ4n) is 3.23. The lowest BCUT2D eigenvalue weighted by atomic mass is 9.77. The van der Waals surface area contributed by atoms with E-state index in [2.05, 4.69) is 36.5 Å². The summed E-state index contributed by atoms with van der Waals surface area (Å²) >= 11 is 12.9. The summed E-state index contributed by atoms with van der Waals surface area (Å²) in [5.41, 5.74) is 3.75. The van der Waals surface area contributed by atoms with Crippen molar-refractivity contribution in [2.45, 2.75) is 25.2 Å². The van der Waals surface area contributed by atoms with Gasteiger partial charge in [-0.05, 0) is 49.1 Å². The summed E-state index contributed by atoms with van der Waals surface area (Å²) in [4.78, 5) is 0. The normalized spacial score (nSPS) is 22.2. The molecule has 0 aromatic heterocycles. The molecule has 21 heavy (non-hydrogen) atoms. The highest BCUT2D eigenvalue weighted by Crippen LogP contribution is 2.43. The molecule has 3 heteroatoms. The number of piperidine rings is 1. The topological polar surface area (TPSA) is 12.0 Å². The van der Waals surface area contributed by atoms with E-state index >= 15 is 0 Å². The Hall–Kier alpha value is -1.02. The third-order valence-corrected chi connectivity index (χ3v) is 5.02. The van der Waals surface area contributed by atoms with E-state index in [0.29, 0.717) is 11.8 Å². The average molecular weight is 320 g/mol. The Morgan fingerprint density at radius 3 is 2.29 bits per heavy atom. The highest BCUT2D eigenvalue weighted by molar-refractivity contribution is 6.36. The van der Waals surface area contributed by atoms with Gasteiger partial charge in [-0.3, -0.25) is 0 Å². The molecule has 2 aromatic rings. The maximum atomic E-state index is 6.44. The summed E-state index contributed by atoms with van der Waals surface area (Å²) < 4.78 is 0. The molecule has 1 aliphatic heterocycles. The first-order valence-corrected chi connectivity index (χ1v) is 8.13. The van der Waals surface area contributed by atoms with Gasteiger partial charge in [0, 0.05) is 22.5 Å². The Morgan fingerprint density at radius 2 is 1.62 bits per heavy atom. The molecule has 0 amide bonds. The van der Waals surface area contributed by atoms with Gasteiger partial charge < -0.3 is 5.32 Å². The van der Waals surface area contributed by atoms with Crippen LogP contribution in [0, 0.1) is 6.92 Å². The van der Waals surface area contributed by atoms with Crippen molar-refractivity contribution < 1.29 is 0 Å². The number of aryl methyl sites for hydroxylation is 1. The zero-order valence-corrected chi connectivity index (χ0v) is 13.6. The van der Waals surface area contributed by atoms with Crippen LogP contribution in [0.1, 0.15) is 34.9 Å². The summed E-state index contributed by atoms with van der Waals surface area (Å²) in [6, 6.07) is 14.6. The molecule has 1 fully saturated rings. The lowest BCUT2D eigenvalue weighted by Gasteiger charge is -2.34. The van der Waals surface area contributed by atoms with E-state index in [1.54, 1.807) is 0 Å². The Bertz CT molecular complexity index is 601. The second kappa shape index (κ2) is 6.39. The van der Waals surface area contributed by atoms with Crippen LogP contribution in [-0.2, 0) is 0 Å². The second-order valence-corrected chi connectivity index (χ2v) is 6.57. The monoisotopic (exact) mass is 319 g/mol. The lowest BCUT2D eigenvalue weighted by molar-refractivity contribution is 0.404. The molecule has 0 saturated carbocycles. The smallest absolute Gasteiger partial charge is 0.0455 e. The molecular formula is C18H19Cl2N. The largest absolute Gasteiger partial charge is 0.316 e. The molecule has 110 valence electrons. The fraction of sp³-hybridized carbons (Fsp3) is 0.333. The van der Waals surface area contributed by atoms with Gasteiger partial charge in [0.2, 0.25) is 0 Å². The number of hydrogen-bond acceptors (Lipinski definition) is 1. The van der Waals surface area contributed by atoms with Crippen molar-refractivity contribution in [2.75, 3.05) is 13.1 Å². The van der Waals surface area contributed by atoms with Gasteiger partial charge in [0.25, 0.3) is 0 Å². The van der Waals surface area contributed by atoms with Gasteiger partial charge in [-0.25, -0.2) is 0 Å². The van der Waals surface area contributed by atoms with Crippen molar-refractivity contribution in [3.05, 3.63) is 69.2 Å². The molecular weight excluding hydrogens is 301 g/mol. The van der Waals surface area contributed by atoms with E-state index in [1.807, 2.05) is 18.2 Å². The molecule has 1 N–H and O–H groups in total. The highest BCUT2D eigenvalue weighted by atomic mass is 35.5. The van der Waals surface area contributed by atoms with E-state index in [9.17, 15) is 0 Å². The van der Waals surface area contributed by atoms with Crippen molar-refractivity contribution in [3.8, 4) is 0 Å². The van der Waals surface area contributed by atoms with Gasteiger partial charge >= 0.3 is 0 Å². The number of halogens is 2. The summed E-state index contributed by atoms with van der Waals surface area (Å²) in [7, 11) is 0. The van der Waals surface area contributed by atoms with Gasteiger partial charge in [-0.15, -0.1) is 0 Å². The molecule has 0 spiro atoms. The van der Waals surface area contributed by atoms with Crippen LogP contribution in [0.15, 0.2) is 42.5 Å². The van der Waals surface area contributed by atoms with Crippen LogP contribution in [0.4, 0.5) is 0 Å². The number of rotatable bonds is 2. The molecule has 1 aliphatic rings. The predicted octanol–water partition coefficient (Wildman–Crippen LogP) is 5.16. The van der Waals surface area contributed by atoms with E-state index in [-0.39, 0.29) is 0 Å². The molecule has 2 atom stereocenters. The third kappa shape index (κ3) is 3.11. The first-order valence-electron chi connectivity index (χ1n) is 7.38. The Morgan fingerprint density at radius 1 is 0.952 bits per heavy atom. The van der Waals surface area contributed by atoms with Gasteiger partial charge in [0.15, 0.2) is 0 Å². The number of hydrogen-bond donors (Lipinski definition) is 1. The molecule has 3 rings (SSSR count). The van der Waals surface area contributed by atoms with E-state index in [1.165, 1.54) is 11.1 Å².